The van der Waals surface area contributed by atoms with E-state index in [-0.39, 0.29) is 12.5 Å². The number of hydrogen-bond acceptors (Lipinski definition) is 8. The lowest BCUT2D eigenvalue weighted by Gasteiger charge is -2.03. The van der Waals surface area contributed by atoms with Crippen LogP contribution in [0.4, 0.5) is 10.8 Å². The summed E-state index contributed by atoms with van der Waals surface area (Å²) in [6, 6.07) is 16.1. The average Bonchev–Trinajstić information content (AvgIpc) is 3.32. The molecule has 0 radical (unpaired) electrons. The average molecular weight is 456 g/mol. The third-order valence-corrected chi connectivity index (χ3v) is 6.11. The predicted octanol–water partition coefficient (Wildman–Crippen LogP) is 3.21. The Bertz CT molecular complexity index is 1270. The highest BCUT2D eigenvalue weighted by Crippen LogP contribution is 2.26. The minimum Gasteiger partial charge on any atom is -0.408 e. The van der Waals surface area contributed by atoms with E-state index in [2.05, 4.69) is 20.8 Å². The number of nitrogens with zero attached hydrogens (tertiary/aromatic N) is 3. The Morgan fingerprint density at radius 2 is 1.77 bits per heavy atom. The number of para-hydroxylation sites is 3. The van der Waals surface area contributed by atoms with Crippen molar-refractivity contribution in [2.45, 2.75) is 17.3 Å². The zero-order chi connectivity index (χ0) is 21.6. The van der Waals surface area contributed by atoms with Crippen LogP contribution < -0.4 is 16.4 Å². The Morgan fingerprint density at radius 3 is 2.61 bits per heavy atom. The summed E-state index contributed by atoms with van der Waals surface area (Å²) < 4.78 is 7.01. The molecule has 4 aromatic rings. The second kappa shape index (κ2) is 9.58. The van der Waals surface area contributed by atoms with Gasteiger partial charge in [-0.25, -0.2) is 4.79 Å². The molecule has 0 aliphatic heterocycles. The molecule has 11 heteroatoms. The van der Waals surface area contributed by atoms with Gasteiger partial charge in [-0.3, -0.25) is 19.5 Å². The molecule has 9 nitrogen and oxygen atoms in total. The molecule has 31 heavy (non-hydrogen) atoms. The van der Waals surface area contributed by atoms with Gasteiger partial charge in [-0.05, 0) is 24.3 Å². The number of oxazole rings is 1. The van der Waals surface area contributed by atoms with E-state index < -0.39 is 11.7 Å². The summed E-state index contributed by atoms with van der Waals surface area (Å²) in [4.78, 5) is 36.3. The minimum atomic E-state index is -0.598. The van der Waals surface area contributed by atoms with Crippen LogP contribution in [0.1, 0.15) is 6.42 Å². The highest BCUT2D eigenvalue weighted by molar-refractivity contribution is 8.01. The zero-order valence-corrected chi connectivity index (χ0v) is 17.7. The van der Waals surface area contributed by atoms with Gasteiger partial charge in [-0.15, -0.1) is 10.2 Å². The number of thioether (sulfide) groups is 1. The molecule has 0 unspecified atom stereocenters. The molecule has 2 heterocycles. The normalized spacial score (nSPS) is 10.8. The summed E-state index contributed by atoms with van der Waals surface area (Å²) in [5, 5.41) is 13.7. The molecule has 4 rings (SSSR count). The SMILES string of the molecule is O=C(CCSc1nnc(NC(=O)Cn2c(=O)oc3ccccc32)s1)Nc1ccccc1. The van der Waals surface area contributed by atoms with Gasteiger partial charge in [-0.2, -0.15) is 0 Å². The monoisotopic (exact) mass is 455 g/mol. The van der Waals surface area contributed by atoms with Crippen molar-refractivity contribution in [1.82, 2.24) is 14.8 Å². The van der Waals surface area contributed by atoms with E-state index in [0.29, 0.717) is 32.7 Å². The molecule has 0 bridgehead atoms. The number of benzene rings is 2. The number of anilines is 2. The van der Waals surface area contributed by atoms with Crippen molar-refractivity contribution < 1.29 is 14.0 Å². The van der Waals surface area contributed by atoms with Crippen molar-refractivity contribution >= 4 is 56.8 Å². The number of aromatic nitrogens is 3. The first-order valence-electron chi connectivity index (χ1n) is 9.28. The first kappa shape index (κ1) is 20.8. The number of rotatable bonds is 8. The Labute approximate surface area is 184 Å². The molecular formula is C20H17N5O4S2. The smallest absolute Gasteiger partial charge is 0.408 e. The zero-order valence-electron chi connectivity index (χ0n) is 16.1. The third kappa shape index (κ3) is 5.38. The summed E-state index contributed by atoms with van der Waals surface area (Å²) in [7, 11) is 0. The maximum atomic E-state index is 12.3. The lowest BCUT2D eigenvalue weighted by Crippen LogP contribution is -2.24. The first-order valence-corrected chi connectivity index (χ1v) is 11.1. The third-order valence-electron chi connectivity index (χ3n) is 4.14. The molecule has 0 fully saturated rings. The molecule has 0 spiro atoms. The van der Waals surface area contributed by atoms with Crippen LogP contribution in [0.25, 0.3) is 11.1 Å². The fraction of sp³-hybridized carbons (Fsp3) is 0.150. The van der Waals surface area contributed by atoms with Gasteiger partial charge in [-0.1, -0.05) is 53.4 Å². The van der Waals surface area contributed by atoms with E-state index in [1.807, 2.05) is 30.3 Å². The van der Waals surface area contributed by atoms with Crippen LogP contribution >= 0.6 is 23.1 Å². The van der Waals surface area contributed by atoms with Gasteiger partial charge in [0.25, 0.3) is 0 Å². The van der Waals surface area contributed by atoms with Crippen molar-refractivity contribution in [2.24, 2.45) is 0 Å². The summed E-state index contributed by atoms with van der Waals surface area (Å²) in [5.74, 6) is -0.575. The van der Waals surface area contributed by atoms with Crippen LogP contribution in [0, 0.1) is 0 Å². The first-order chi connectivity index (χ1) is 15.1. The lowest BCUT2D eigenvalue weighted by atomic mass is 10.3. The minimum absolute atomic E-state index is 0.0884. The van der Waals surface area contributed by atoms with Crippen LogP contribution in [-0.4, -0.2) is 32.3 Å². The van der Waals surface area contributed by atoms with E-state index in [0.717, 1.165) is 5.69 Å². The van der Waals surface area contributed by atoms with E-state index in [1.165, 1.54) is 27.7 Å². The number of carbonyl (C=O) groups excluding carboxylic acids is 2. The van der Waals surface area contributed by atoms with Crippen LogP contribution in [0.5, 0.6) is 0 Å². The number of carbonyl (C=O) groups is 2. The summed E-state index contributed by atoms with van der Waals surface area (Å²) in [6.07, 6.45) is 0.317. The molecule has 158 valence electrons. The van der Waals surface area contributed by atoms with Gasteiger partial charge in [0.15, 0.2) is 9.92 Å². The van der Waals surface area contributed by atoms with Crippen LogP contribution in [0.2, 0.25) is 0 Å². The summed E-state index contributed by atoms with van der Waals surface area (Å²) in [5.41, 5.74) is 1.72. The van der Waals surface area contributed by atoms with Gasteiger partial charge >= 0.3 is 5.76 Å². The van der Waals surface area contributed by atoms with Gasteiger partial charge in [0.05, 0.1) is 5.52 Å². The lowest BCUT2D eigenvalue weighted by molar-refractivity contribution is -0.117. The second-order valence-electron chi connectivity index (χ2n) is 6.36. The van der Waals surface area contributed by atoms with Crippen molar-refractivity contribution in [2.75, 3.05) is 16.4 Å². The van der Waals surface area contributed by atoms with Crippen LogP contribution in [-0.2, 0) is 16.1 Å². The molecule has 0 atom stereocenters. The van der Waals surface area contributed by atoms with E-state index in [1.54, 1.807) is 24.3 Å². The van der Waals surface area contributed by atoms with Gasteiger partial charge in [0, 0.05) is 17.9 Å². The molecule has 2 aromatic heterocycles. The van der Waals surface area contributed by atoms with Crippen molar-refractivity contribution in [3.05, 3.63) is 65.1 Å². The fourth-order valence-corrected chi connectivity index (χ4v) is 4.54. The highest BCUT2D eigenvalue weighted by Gasteiger charge is 2.14. The largest absolute Gasteiger partial charge is 0.420 e. The topological polar surface area (TPSA) is 119 Å². The fourth-order valence-electron chi connectivity index (χ4n) is 2.76. The number of amides is 2. The molecular weight excluding hydrogens is 438 g/mol. The van der Waals surface area contributed by atoms with Crippen molar-refractivity contribution in [3.63, 3.8) is 0 Å². The Kier molecular flexibility index (Phi) is 6.43. The summed E-state index contributed by atoms with van der Waals surface area (Å²) in [6.45, 7) is -0.197. The highest BCUT2D eigenvalue weighted by atomic mass is 32.2. The Hall–Kier alpha value is -3.44. The Morgan fingerprint density at radius 1 is 1.00 bits per heavy atom. The van der Waals surface area contributed by atoms with Crippen LogP contribution in [0.15, 0.2) is 68.1 Å². The second-order valence-corrected chi connectivity index (χ2v) is 8.68. The maximum Gasteiger partial charge on any atom is 0.420 e. The molecule has 2 N–H and O–H groups in total. The van der Waals surface area contributed by atoms with Gasteiger partial charge in [0.1, 0.15) is 6.54 Å². The molecule has 0 saturated carbocycles. The molecule has 2 aromatic carbocycles. The predicted molar refractivity (Wildman–Crippen MR) is 119 cm³/mol. The standard InChI is InChI=1S/C20H17N5O4S2/c26-16(21-13-6-2-1-3-7-13)10-11-30-19-24-23-18(31-19)22-17(27)12-25-14-8-4-5-9-15(14)29-20(25)28/h1-9H,10-12H2,(H,21,26)(H,22,23,27). The number of fused-ring (bicyclic) bond motifs is 1. The molecule has 0 saturated heterocycles. The van der Waals surface area contributed by atoms with Crippen molar-refractivity contribution in [3.8, 4) is 0 Å². The van der Waals surface area contributed by atoms with E-state index >= 15 is 0 Å². The maximum absolute atomic E-state index is 12.3. The van der Waals surface area contributed by atoms with E-state index in [4.69, 9.17) is 4.42 Å². The Balaban J connectivity index is 1.27. The molecule has 2 amide bonds. The van der Waals surface area contributed by atoms with Crippen molar-refractivity contribution in [1.29, 1.82) is 0 Å². The quantitative estimate of drug-likeness (QED) is 0.309. The number of hydrogen-bond donors (Lipinski definition) is 2. The summed E-state index contributed by atoms with van der Waals surface area (Å²) >= 11 is 2.58. The van der Waals surface area contributed by atoms with Gasteiger partial charge in [0.2, 0.25) is 16.9 Å². The molecule has 0 aliphatic carbocycles. The van der Waals surface area contributed by atoms with Gasteiger partial charge < -0.3 is 9.73 Å². The number of nitrogens with one attached hydrogen (secondary N) is 2. The molecule has 0 aliphatic rings. The van der Waals surface area contributed by atoms with E-state index in [9.17, 15) is 14.4 Å². The van der Waals surface area contributed by atoms with Crippen LogP contribution in [0.3, 0.4) is 0 Å².